The molecule has 4 heteroatoms. The molecular formula is C14H19NO2S. The van der Waals surface area contributed by atoms with E-state index >= 15 is 0 Å². The number of nitrogens with zero attached hydrogens (tertiary/aromatic N) is 1. The maximum absolute atomic E-state index is 12.2. The van der Waals surface area contributed by atoms with Crippen LogP contribution in [0.4, 0.5) is 0 Å². The lowest BCUT2D eigenvalue weighted by Crippen LogP contribution is -2.40. The van der Waals surface area contributed by atoms with Crippen LogP contribution in [0.3, 0.4) is 0 Å². The molecule has 1 N–H and O–H groups in total. The van der Waals surface area contributed by atoms with Gasteiger partial charge < -0.3 is 10.0 Å². The van der Waals surface area contributed by atoms with Crippen molar-refractivity contribution >= 4 is 17.7 Å². The SMILES string of the molecule is CCSc1ccc(C(=O)N2CCC(O)CC2)cc1. The predicted octanol–water partition coefficient (Wildman–Crippen LogP) is 2.40. The zero-order chi connectivity index (χ0) is 13.0. The number of benzene rings is 1. The third kappa shape index (κ3) is 3.27. The molecule has 0 atom stereocenters. The molecule has 0 radical (unpaired) electrons. The van der Waals surface area contributed by atoms with E-state index in [9.17, 15) is 9.90 Å². The lowest BCUT2D eigenvalue weighted by Gasteiger charge is -2.29. The number of aliphatic hydroxyl groups is 1. The molecule has 0 aliphatic carbocycles. The van der Waals surface area contributed by atoms with E-state index in [4.69, 9.17) is 0 Å². The van der Waals surface area contributed by atoms with E-state index in [1.807, 2.05) is 29.2 Å². The van der Waals surface area contributed by atoms with Crippen LogP contribution < -0.4 is 0 Å². The Morgan fingerprint density at radius 3 is 2.50 bits per heavy atom. The molecule has 18 heavy (non-hydrogen) atoms. The van der Waals surface area contributed by atoms with Crippen molar-refractivity contribution in [3.05, 3.63) is 29.8 Å². The molecule has 0 bridgehead atoms. The van der Waals surface area contributed by atoms with Gasteiger partial charge in [-0.1, -0.05) is 6.92 Å². The summed E-state index contributed by atoms with van der Waals surface area (Å²) in [5.74, 6) is 1.12. The van der Waals surface area contributed by atoms with Crippen LogP contribution in [0, 0.1) is 0 Å². The third-order valence-electron chi connectivity index (χ3n) is 3.16. The number of hydrogen-bond acceptors (Lipinski definition) is 3. The number of piperidine rings is 1. The van der Waals surface area contributed by atoms with Crippen molar-refractivity contribution in [2.45, 2.75) is 30.8 Å². The fourth-order valence-corrected chi connectivity index (χ4v) is 2.77. The van der Waals surface area contributed by atoms with Crippen molar-refractivity contribution in [3.63, 3.8) is 0 Å². The Morgan fingerprint density at radius 1 is 1.33 bits per heavy atom. The lowest BCUT2D eigenvalue weighted by molar-refractivity contribution is 0.0546. The molecule has 1 saturated heterocycles. The van der Waals surface area contributed by atoms with E-state index < -0.39 is 0 Å². The van der Waals surface area contributed by atoms with Gasteiger partial charge in [0.05, 0.1) is 6.10 Å². The number of hydrogen-bond donors (Lipinski definition) is 1. The fraction of sp³-hybridized carbons (Fsp3) is 0.500. The summed E-state index contributed by atoms with van der Waals surface area (Å²) in [6, 6.07) is 7.79. The molecule has 0 spiro atoms. The van der Waals surface area contributed by atoms with Crippen LogP contribution in [0.15, 0.2) is 29.2 Å². The zero-order valence-electron chi connectivity index (χ0n) is 10.6. The highest BCUT2D eigenvalue weighted by Gasteiger charge is 2.22. The van der Waals surface area contributed by atoms with Gasteiger partial charge in [-0.2, -0.15) is 0 Å². The van der Waals surface area contributed by atoms with Gasteiger partial charge in [-0.15, -0.1) is 11.8 Å². The monoisotopic (exact) mass is 265 g/mol. The Bertz CT molecular complexity index is 397. The van der Waals surface area contributed by atoms with Crippen LogP contribution in [0.25, 0.3) is 0 Å². The van der Waals surface area contributed by atoms with Crippen LogP contribution in [-0.4, -0.2) is 40.9 Å². The Labute approximate surface area is 112 Å². The Hall–Kier alpha value is -1.00. The summed E-state index contributed by atoms with van der Waals surface area (Å²) in [7, 11) is 0. The van der Waals surface area contributed by atoms with Gasteiger partial charge in [0.2, 0.25) is 0 Å². The molecule has 1 heterocycles. The third-order valence-corrected chi connectivity index (χ3v) is 4.06. The summed E-state index contributed by atoms with van der Waals surface area (Å²) in [5, 5.41) is 9.43. The zero-order valence-corrected chi connectivity index (χ0v) is 11.4. The molecule has 1 aliphatic heterocycles. The molecule has 3 nitrogen and oxygen atoms in total. The molecule has 1 aliphatic rings. The Morgan fingerprint density at radius 2 is 1.94 bits per heavy atom. The highest BCUT2D eigenvalue weighted by molar-refractivity contribution is 7.99. The molecule has 1 fully saturated rings. The van der Waals surface area contributed by atoms with Crippen LogP contribution in [0.2, 0.25) is 0 Å². The molecule has 0 unspecified atom stereocenters. The van der Waals surface area contributed by atoms with Gasteiger partial charge in [-0.05, 0) is 42.9 Å². The van der Waals surface area contributed by atoms with E-state index in [2.05, 4.69) is 6.92 Å². The highest BCUT2D eigenvalue weighted by atomic mass is 32.2. The fourth-order valence-electron chi connectivity index (χ4n) is 2.11. The second-order valence-corrected chi connectivity index (χ2v) is 5.82. The summed E-state index contributed by atoms with van der Waals surface area (Å²) in [5.41, 5.74) is 0.742. The van der Waals surface area contributed by atoms with E-state index in [0.717, 1.165) is 11.3 Å². The first-order valence-corrected chi connectivity index (χ1v) is 7.39. The van der Waals surface area contributed by atoms with Crippen molar-refractivity contribution < 1.29 is 9.90 Å². The molecule has 98 valence electrons. The normalized spacial score (nSPS) is 16.9. The van der Waals surface area contributed by atoms with Crippen LogP contribution in [0.5, 0.6) is 0 Å². The first-order chi connectivity index (χ1) is 8.70. The maximum Gasteiger partial charge on any atom is 0.253 e. The summed E-state index contributed by atoms with van der Waals surface area (Å²) in [4.78, 5) is 15.2. The van der Waals surface area contributed by atoms with Gasteiger partial charge in [-0.25, -0.2) is 0 Å². The first kappa shape index (κ1) is 13.4. The average Bonchev–Trinajstić information content (AvgIpc) is 2.40. The molecule has 1 aromatic carbocycles. The van der Waals surface area contributed by atoms with Gasteiger partial charge in [0.15, 0.2) is 0 Å². The topological polar surface area (TPSA) is 40.5 Å². The smallest absolute Gasteiger partial charge is 0.253 e. The number of carbonyl (C=O) groups is 1. The number of thioether (sulfide) groups is 1. The second-order valence-electron chi connectivity index (χ2n) is 4.48. The van der Waals surface area contributed by atoms with E-state index in [-0.39, 0.29) is 12.0 Å². The van der Waals surface area contributed by atoms with Crippen molar-refractivity contribution in [1.82, 2.24) is 4.90 Å². The van der Waals surface area contributed by atoms with E-state index in [1.54, 1.807) is 11.8 Å². The first-order valence-electron chi connectivity index (χ1n) is 6.41. The van der Waals surface area contributed by atoms with Crippen molar-refractivity contribution in [1.29, 1.82) is 0 Å². The predicted molar refractivity (Wildman–Crippen MR) is 74.0 cm³/mol. The van der Waals surface area contributed by atoms with Crippen molar-refractivity contribution in [2.75, 3.05) is 18.8 Å². The molecular weight excluding hydrogens is 246 g/mol. The largest absolute Gasteiger partial charge is 0.393 e. The molecule has 1 aromatic rings. The second kappa shape index (κ2) is 6.25. The minimum atomic E-state index is -0.239. The quantitative estimate of drug-likeness (QED) is 0.853. The Balaban J connectivity index is 2.00. The average molecular weight is 265 g/mol. The highest BCUT2D eigenvalue weighted by Crippen LogP contribution is 2.19. The van der Waals surface area contributed by atoms with Gasteiger partial charge in [0.1, 0.15) is 0 Å². The summed E-state index contributed by atoms with van der Waals surface area (Å²) in [6.45, 7) is 3.43. The molecule has 0 aromatic heterocycles. The standard InChI is InChI=1S/C14H19NO2S/c1-2-18-13-5-3-11(4-6-13)14(17)15-9-7-12(16)8-10-15/h3-6,12,16H,2,7-10H2,1H3. The van der Waals surface area contributed by atoms with E-state index in [1.165, 1.54) is 4.90 Å². The minimum Gasteiger partial charge on any atom is -0.393 e. The maximum atomic E-state index is 12.2. The Kier molecular flexibility index (Phi) is 4.66. The van der Waals surface area contributed by atoms with Gasteiger partial charge in [0.25, 0.3) is 5.91 Å². The van der Waals surface area contributed by atoms with E-state index in [0.29, 0.717) is 25.9 Å². The summed E-state index contributed by atoms with van der Waals surface area (Å²) in [6.07, 6.45) is 1.14. The number of amides is 1. The number of aliphatic hydroxyl groups excluding tert-OH is 1. The van der Waals surface area contributed by atoms with Gasteiger partial charge >= 0.3 is 0 Å². The van der Waals surface area contributed by atoms with Gasteiger partial charge in [-0.3, -0.25) is 4.79 Å². The molecule has 0 saturated carbocycles. The molecule has 2 rings (SSSR count). The summed E-state index contributed by atoms with van der Waals surface area (Å²) < 4.78 is 0. The number of rotatable bonds is 3. The van der Waals surface area contributed by atoms with Gasteiger partial charge in [0, 0.05) is 23.5 Å². The van der Waals surface area contributed by atoms with Crippen molar-refractivity contribution in [3.8, 4) is 0 Å². The van der Waals surface area contributed by atoms with Crippen molar-refractivity contribution in [2.24, 2.45) is 0 Å². The minimum absolute atomic E-state index is 0.0787. The van der Waals surface area contributed by atoms with Crippen LogP contribution in [0.1, 0.15) is 30.1 Å². The number of carbonyl (C=O) groups excluding carboxylic acids is 1. The molecule has 1 amide bonds. The lowest BCUT2D eigenvalue weighted by atomic mass is 10.1. The summed E-state index contributed by atoms with van der Waals surface area (Å²) >= 11 is 1.77. The van der Waals surface area contributed by atoms with Crippen LogP contribution in [-0.2, 0) is 0 Å². The number of likely N-dealkylation sites (tertiary alicyclic amines) is 1. The van der Waals surface area contributed by atoms with Crippen LogP contribution >= 0.6 is 11.8 Å².